The number of Topliss-reactive ketones (excluding diaryl/α,β-unsaturated/α-hetero) is 2. The fourth-order valence-electron chi connectivity index (χ4n) is 2.40. The number of rotatable bonds is 5. The molecule has 0 fully saturated rings. The zero-order chi connectivity index (χ0) is 14.5. The minimum atomic E-state index is 0.0488. The van der Waals surface area contributed by atoms with Crippen molar-refractivity contribution in [3.63, 3.8) is 0 Å². The molecule has 20 heavy (non-hydrogen) atoms. The lowest BCUT2D eigenvalue weighted by Gasteiger charge is -2.20. The van der Waals surface area contributed by atoms with E-state index < -0.39 is 0 Å². The van der Waals surface area contributed by atoms with Gasteiger partial charge in [-0.15, -0.1) is 0 Å². The van der Waals surface area contributed by atoms with E-state index in [9.17, 15) is 9.59 Å². The van der Waals surface area contributed by atoms with Crippen LogP contribution in [0.4, 0.5) is 0 Å². The van der Waals surface area contributed by atoms with Crippen molar-refractivity contribution in [2.24, 2.45) is 0 Å². The minimum absolute atomic E-state index is 0.0488. The molecule has 1 aliphatic rings. The third kappa shape index (κ3) is 3.23. The number of carbonyl (C=O) groups is 2. The molecule has 0 saturated carbocycles. The van der Waals surface area contributed by atoms with Gasteiger partial charge >= 0.3 is 0 Å². The Morgan fingerprint density at radius 3 is 2.50 bits per heavy atom. The van der Waals surface area contributed by atoms with Crippen molar-refractivity contribution in [1.29, 1.82) is 0 Å². The molecule has 3 heteroatoms. The molecule has 0 amide bonds. The highest BCUT2D eigenvalue weighted by Crippen LogP contribution is 2.27. The van der Waals surface area contributed by atoms with Crippen LogP contribution in [0.15, 0.2) is 29.8 Å². The first-order chi connectivity index (χ1) is 9.63. The molecule has 1 aliphatic heterocycles. The van der Waals surface area contributed by atoms with Crippen LogP contribution in [0.2, 0.25) is 0 Å². The first-order valence-corrected chi connectivity index (χ1v) is 7.07. The Balaban J connectivity index is 2.34. The summed E-state index contributed by atoms with van der Waals surface area (Å²) in [7, 11) is 0. The van der Waals surface area contributed by atoms with Crippen molar-refractivity contribution >= 4 is 17.1 Å². The van der Waals surface area contributed by atoms with Gasteiger partial charge in [-0.25, -0.2) is 0 Å². The summed E-state index contributed by atoms with van der Waals surface area (Å²) in [4.78, 5) is 23.3. The van der Waals surface area contributed by atoms with E-state index in [-0.39, 0.29) is 18.2 Å². The summed E-state index contributed by atoms with van der Waals surface area (Å²) < 4.78 is 5.36. The van der Waals surface area contributed by atoms with Crippen LogP contribution in [0.1, 0.15) is 49.0 Å². The summed E-state index contributed by atoms with van der Waals surface area (Å²) in [5, 5.41) is 0. The molecule has 1 aromatic rings. The topological polar surface area (TPSA) is 43.4 Å². The van der Waals surface area contributed by atoms with Gasteiger partial charge in [0.1, 0.15) is 6.61 Å². The lowest BCUT2D eigenvalue weighted by molar-refractivity contribution is -0.120. The number of ether oxygens (including phenoxy) is 1. The molecule has 0 spiro atoms. The molecule has 1 heterocycles. The van der Waals surface area contributed by atoms with Crippen LogP contribution in [-0.2, 0) is 9.53 Å². The highest BCUT2D eigenvalue weighted by atomic mass is 16.5. The number of carbonyl (C=O) groups excluding carboxylic acids is 2. The molecular weight excluding hydrogens is 252 g/mol. The largest absolute Gasteiger partial charge is 0.369 e. The molecule has 0 N–H and O–H groups in total. The summed E-state index contributed by atoms with van der Waals surface area (Å²) in [6.45, 7) is 4.33. The Labute approximate surface area is 119 Å². The summed E-state index contributed by atoms with van der Waals surface area (Å²) in [6.07, 6.45) is 2.88. The maximum Gasteiger partial charge on any atom is 0.184 e. The Bertz CT molecular complexity index is 538. The van der Waals surface area contributed by atoms with Gasteiger partial charge in [0.2, 0.25) is 0 Å². The first-order valence-electron chi connectivity index (χ1n) is 7.07. The van der Waals surface area contributed by atoms with E-state index in [1.165, 1.54) is 0 Å². The maximum absolute atomic E-state index is 12.0. The Morgan fingerprint density at radius 1 is 1.20 bits per heavy atom. The molecule has 1 aromatic carbocycles. The molecule has 0 saturated heterocycles. The molecule has 3 nitrogen and oxygen atoms in total. The first kappa shape index (κ1) is 14.7. The van der Waals surface area contributed by atoms with Crippen LogP contribution in [0, 0.1) is 0 Å². The number of benzene rings is 1. The SMILES string of the molecule is CCCCC1=C(c2ccc(C(C)=O)cc2)COCC1=O. The van der Waals surface area contributed by atoms with E-state index in [2.05, 4.69) is 6.92 Å². The van der Waals surface area contributed by atoms with Crippen molar-refractivity contribution in [1.82, 2.24) is 0 Å². The molecule has 2 rings (SSSR count). The van der Waals surface area contributed by atoms with Gasteiger partial charge in [0.15, 0.2) is 11.6 Å². The van der Waals surface area contributed by atoms with E-state index in [1.54, 1.807) is 19.1 Å². The van der Waals surface area contributed by atoms with Crippen molar-refractivity contribution < 1.29 is 14.3 Å². The van der Waals surface area contributed by atoms with Gasteiger partial charge in [0.05, 0.1) is 6.61 Å². The lowest BCUT2D eigenvalue weighted by atomic mass is 9.92. The summed E-state index contributed by atoms with van der Waals surface area (Å²) in [5.74, 6) is 0.142. The van der Waals surface area contributed by atoms with Crippen LogP contribution in [0.3, 0.4) is 0 Å². The third-order valence-corrected chi connectivity index (χ3v) is 3.60. The average Bonchev–Trinajstić information content (AvgIpc) is 2.46. The highest BCUT2D eigenvalue weighted by Gasteiger charge is 2.21. The Morgan fingerprint density at radius 2 is 1.90 bits per heavy atom. The van der Waals surface area contributed by atoms with Crippen LogP contribution in [-0.4, -0.2) is 24.8 Å². The van der Waals surface area contributed by atoms with E-state index in [0.717, 1.165) is 36.0 Å². The maximum atomic E-state index is 12.0. The zero-order valence-electron chi connectivity index (χ0n) is 12.1. The lowest BCUT2D eigenvalue weighted by Crippen LogP contribution is -2.21. The predicted molar refractivity (Wildman–Crippen MR) is 78.7 cm³/mol. The van der Waals surface area contributed by atoms with Gasteiger partial charge in [0.25, 0.3) is 0 Å². The Hall–Kier alpha value is -1.74. The normalized spacial score (nSPS) is 15.6. The molecule has 0 unspecified atom stereocenters. The monoisotopic (exact) mass is 272 g/mol. The van der Waals surface area contributed by atoms with Crippen LogP contribution >= 0.6 is 0 Å². The second-order valence-corrected chi connectivity index (χ2v) is 5.11. The van der Waals surface area contributed by atoms with Gasteiger partial charge in [0, 0.05) is 11.1 Å². The molecule has 106 valence electrons. The van der Waals surface area contributed by atoms with Crippen molar-refractivity contribution in [2.75, 3.05) is 13.2 Å². The molecule has 0 bridgehead atoms. The number of hydrogen-bond acceptors (Lipinski definition) is 3. The van der Waals surface area contributed by atoms with Crippen LogP contribution in [0.5, 0.6) is 0 Å². The van der Waals surface area contributed by atoms with E-state index in [1.807, 2.05) is 12.1 Å². The summed E-state index contributed by atoms with van der Waals surface area (Å²) in [5.41, 5.74) is 3.54. The quantitative estimate of drug-likeness (QED) is 0.771. The van der Waals surface area contributed by atoms with Gasteiger partial charge in [-0.1, -0.05) is 37.6 Å². The van der Waals surface area contributed by atoms with Gasteiger partial charge in [-0.2, -0.15) is 0 Å². The number of ketones is 2. The van der Waals surface area contributed by atoms with Crippen molar-refractivity contribution in [2.45, 2.75) is 33.1 Å². The zero-order valence-corrected chi connectivity index (χ0v) is 12.1. The number of unbranched alkanes of at least 4 members (excludes halogenated alkanes) is 1. The predicted octanol–water partition coefficient (Wildman–Crippen LogP) is 3.43. The van der Waals surface area contributed by atoms with Gasteiger partial charge in [-0.05, 0) is 30.9 Å². The van der Waals surface area contributed by atoms with Gasteiger partial charge in [-0.3, -0.25) is 9.59 Å². The van der Waals surface area contributed by atoms with E-state index in [4.69, 9.17) is 4.74 Å². The van der Waals surface area contributed by atoms with E-state index in [0.29, 0.717) is 12.2 Å². The molecule has 0 radical (unpaired) electrons. The van der Waals surface area contributed by atoms with Crippen LogP contribution in [0.25, 0.3) is 5.57 Å². The summed E-state index contributed by atoms with van der Waals surface area (Å²) in [6, 6.07) is 7.42. The molecule has 0 atom stereocenters. The second-order valence-electron chi connectivity index (χ2n) is 5.11. The third-order valence-electron chi connectivity index (χ3n) is 3.60. The number of hydrogen-bond donors (Lipinski definition) is 0. The van der Waals surface area contributed by atoms with Crippen LogP contribution < -0.4 is 0 Å². The van der Waals surface area contributed by atoms with Crippen molar-refractivity contribution in [3.05, 3.63) is 41.0 Å². The van der Waals surface area contributed by atoms with Gasteiger partial charge < -0.3 is 4.74 Å². The van der Waals surface area contributed by atoms with Crippen molar-refractivity contribution in [3.8, 4) is 0 Å². The molecular formula is C17H20O3. The highest BCUT2D eigenvalue weighted by molar-refractivity contribution is 6.05. The molecule has 0 aliphatic carbocycles. The smallest absolute Gasteiger partial charge is 0.184 e. The second kappa shape index (κ2) is 6.62. The Kier molecular flexibility index (Phi) is 4.85. The molecule has 0 aromatic heterocycles. The fourth-order valence-corrected chi connectivity index (χ4v) is 2.40. The van der Waals surface area contributed by atoms with E-state index >= 15 is 0 Å². The summed E-state index contributed by atoms with van der Waals surface area (Å²) >= 11 is 0. The fraction of sp³-hybridized carbons (Fsp3) is 0.412. The standard InChI is InChI=1S/C17H20O3/c1-3-4-5-15-16(10-20-11-17(15)19)14-8-6-13(7-9-14)12(2)18/h6-9H,3-5,10-11H2,1-2H3. The minimum Gasteiger partial charge on any atom is -0.369 e. The average molecular weight is 272 g/mol.